The molecule has 5 rings (SSSR count). The summed E-state index contributed by atoms with van der Waals surface area (Å²) in [5.74, 6) is -0.521. The van der Waals surface area contributed by atoms with Crippen LogP contribution in [0.2, 0.25) is 0 Å². The molecule has 0 aromatic carbocycles. The smallest absolute Gasteiger partial charge is 0.273 e. The third kappa shape index (κ3) is 3.06. The number of carbonyl (C=O) groups is 1. The molecule has 1 amide bonds. The molecule has 1 saturated heterocycles. The number of hydrogen-bond acceptors (Lipinski definition) is 8. The highest BCUT2D eigenvalue weighted by molar-refractivity contribution is 5.97. The molecule has 2 aliphatic rings. The van der Waals surface area contributed by atoms with E-state index < -0.39 is 12.0 Å². The van der Waals surface area contributed by atoms with Crippen LogP contribution in [0.25, 0.3) is 10.9 Å². The van der Waals surface area contributed by atoms with Crippen molar-refractivity contribution in [2.24, 2.45) is 0 Å². The van der Waals surface area contributed by atoms with Crippen molar-refractivity contribution in [1.29, 1.82) is 0 Å². The molecule has 1 atom stereocenters. The summed E-state index contributed by atoms with van der Waals surface area (Å²) in [5, 5.41) is 0.802. The lowest BCUT2D eigenvalue weighted by atomic mass is 10.0. The fourth-order valence-electron chi connectivity index (χ4n) is 3.72. The van der Waals surface area contributed by atoms with Crippen molar-refractivity contribution in [1.82, 2.24) is 24.8 Å². The zero-order chi connectivity index (χ0) is 20.0. The normalized spacial score (nSPS) is 18.8. The summed E-state index contributed by atoms with van der Waals surface area (Å²) in [4.78, 5) is 31.3. The van der Waals surface area contributed by atoms with Gasteiger partial charge in [-0.3, -0.25) is 9.78 Å². The van der Waals surface area contributed by atoms with Crippen molar-refractivity contribution in [3.05, 3.63) is 53.1 Å². The van der Waals surface area contributed by atoms with Crippen LogP contribution in [0.15, 0.2) is 24.7 Å². The van der Waals surface area contributed by atoms with Crippen molar-refractivity contribution in [3.63, 3.8) is 0 Å². The average Bonchev–Trinajstić information content (AvgIpc) is 3.25. The van der Waals surface area contributed by atoms with E-state index in [2.05, 4.69) is 19.9 Å². The summed E-state index contributed by atoms with van der Waals surface area (Å²) in [5.41, 5.74) is 9.15. The summed E-state index contributed by atoms with van der Waals surface area (Å²) in [6.07, 6.45) is 3.89. The lowest BCUT2D eigenvalue weighted by molar-refractivity contribution is -0.00435. The Morgan fingerprint density at radius 3 is 2.83 bits per heavy atom. The van der Waals surface area contributed by atoms with Crippen LogP contribution in [0.4, 0.5) is 10.2 Å². The minimum absolute atomic E-state index is 0.251. The number of aromatic nitrogens is 4. The van der Waals surface area contributed by atoms with E-state index in [-0.39, 0.29) is 18.2 Å². The van der Waals surface area contributed by atoms with Crippen molar-refractivity contribution in [2.75, 3.05) is 25.5 Å². The number of hydrogen-bond donors (Lipinski definition) is 1. The largest absolute Gasteiger partial charge is 0.383 e. The first-order chi connectivity index (χ1) is 14.1. The fourth-order valence-corrected chi connectivity index (χ4v) is 3.72. The van der Waals surface area contributed by atoms with Crippen LogP contribution in [0.5, 0.6) is 0 Å². The average molecular weight is 396 g/mol. The Labute approximate surface area is 164 Å². The molecule has 0 unspecified atom stereocenters. The molecule has 2 aliphatic heterocycles. The number of carbonyl (C=O) groups excluding carboxylic acids is 1. The minimum Gasteiger partial charge on any atom is -0.383 e. The number of fused-ring (bicyclic) bond motifs is 3. The second-order valence-corrected chi connectivity index (χ2v) is 6.89. The van der Waals surface area contributed by atoms with Crippen LogP contribution in [0.3, 0.4) is 0 Å². The van der Waals surface area contributed by atoms with Crippen LogP contribution in [-0.2, 0) is 22.7 Å². The summed E-state index contributed by atoms with van der Waals surface area (Å²) >= 11 is 0. The second-order valence-electron chi connectivity index (χ2n) is 6.89. The van der Waals surface area contributed by atoms with E-state index in [1.165, 1.54) is 6.20 Å². The van der Waals surface area contributed by atoms with Gasteiger partial charge in [0.2, 0.25) is 5.95 Å². The zero-order valence-corrected chi connectivity index (χ0v) is 15.3. The van der Waals surface area contributed by atoms with Crippen molar-refractivity contribution in [2.45, 2.75) is 19.3 Å². The van der Waals surface area contributed by atoms with Crippen LogP contribution >= 0.6 is 0 Å². The van der Waals surface area contributed by atoms with E-state index in [9.17, 15) is 9.18 Å². The molecule has 9 nitrogen and oxygen atoms in total. The molecule has 3 aromatic rings. The van der Waals surface area contributed by atoms with Gasteiger partial charge in [-0.1, -0.05) is 0 Å². The Balaban J connectivity index is 1.52. The molecule has 0 bridgehead atoms. The molecule has 0 spiro atoms. The van der Waals surface area contributed by atoms with Crippen LogP contribution in [0, 0.1) is 5.95 Å². The van der Waals surface area contributed by atoms with Crippen LogP contribution < -0.4 is 5.73 Å². The van der Waals surface area contributed by atoms with Gasteiger partial charge < -0.3 is 20.1 Å². The van der Waals surface area contributed by atoms with Gasteiger partial charge in [-0.25, -0.2) is 15.0 Å². The summed E-state index contributed by atoms with van der Waals surface area (Å²) < 4.78 is 24.2. The number of anilines is 1. The highest BCUT2D eigenvalue weighted by Gasteiger charge is 2.32. The van der Waals surface area contributed by atoms with Gasteiger partial charge in [-0.05, 0) is 11.6 Å². The highest BCUT2D eigenvalue weighted by atomic mass is 19.1. The predicted octanol–water partition coefficient (Wildman–Crippen LogP) is 1.38. The van der Waals surface area contributed by atoms with E-state index in [1.54, 1.807) is 17.2 Å². The molecule has 2 N–H and O–H groups in total. The summed E-state index contributed by atoms with van der Waals surface area (Å²) in [6, 6.07) is 1.25. The quantitative estimate of drug-likeness (QED) is 0.691. The Morgan fingerprint density at radius 1 is 1.14 bits per heavy atom. The Hall–Kier alpha value is -3.24. The second kappa shape index (κ2) is 6.98. The third-order valence-corrected chi connectivity index (χ3v) is 5.21. The van der Waals surface area contributed by atoms with Gasteiger partial charge in [0.05, 0.1) is 62.3 Å². The Kier molecular flexibility index (Phi) is 4.29. The number of nitrogen functional groups attached to an aromatic ring is 1. The molecule has 148 valence electrons. The van der Waals surface area contributed by atoms with Gasteiger partial charge in [0.25, 0.3) is 5.91 Å². The van der Waals surface area contributed by atoms with E-state index in [4.69, 9.17) is 15.2 Å². The van der Waals surface area contributed by atoms with Gasteiger partial charge >= 0.3 is 0 Å². The van der Waals surface area contributed by atoms with Crippen LogP contribution in [-0.4, -0.2) is 50.5 Å². The van der Waals surface area contributed by atoms with Gasteiger partial charge in [0, 0.05) is 17.5 Å². The molecule has 0 radical (unpaired) electrons. The minimum atomic E-state index is -0.678. The first-order valence-electron chi connectivity index (χ1n) is 9.12. The third-order valence-electron chi connectivity index (χ3n) is 5.21. The summed E-state index contributed by atoms with van der Waals surface area (Å²) in [6.45, 7) is 1.84. The monoisotopic (exact) mass is 396 g/mol. The van der Waals surface area contributed by atoms with E-state index in [0.717, 1.165) is 22.7 Å². The molecule has 29 heavy (non-hydrogen) atoms. The van der Waals surface area contributed by atoms with E-state index in [1.807, 2.05) is 0 Å². The maximum atomic E-state index is 13.3. The maximum absolute atomic E-state index is 13.3. The number of ether oxygens (including phenoxy) is 2. The van der Waals surface area contributed by atoms with Gasteiger partial charge in [-0.2, -0.15) is 4.39 Å². The maximum Gasteiger partial charge on any atom is 0.273 e. The molecule has 0 aliphatic carbocycles. The SMILES string of the molecule is Nc1nc2cnc(C(=O)N3CCOC[C@H]3c3cnc(F)cn3)cc2c2c1COC2. The van der Waals surface area contributed by atoms with Crippen LogP contribution in [0.1, 0.15) is 33.4 Å². The first kappa shape index (κ1) is 17.8. The Morgan fingerprint density at radius 2 is 2.00 bits per heavy atom. The molecule has 3 aromatic heterocycles. The standard InChI is InChI=1S/C19H17FN6O3/c20-17-6-23-15(5-24-17)16-9-28-2-1-26(16)19(27)13-3-10-11-7-29-8-12(11)18(21)25-14(10)4-22-13/h3-6,16H,1-2,7-9H2,(H2,21,25)/t16-/m0/s1. The van der Waals surface area contributed by atoms with E-state index >= 15 is 0 Å². The number of morpholine rings is 1. The first-order valence-corrected chi connectivity index (χ1v) is 9.12. The lowest BCUT2D eigenvalue weighted by Crippen LogP contribution is -2.44. The number of rotatable bonds is 2. The number of halogens is 1. The fraction of sp³-hybridized carbons (Fsp3) is 0.316. The zero-order valence-electron chi connectivity index (χ0n) is 15.3. The van der Waals surface area contributed by atoms with Crippen molar-refractivity contribution in [3.8, 4) is 0 Å². The number of pyridine rings is 2. The highest BCUT2D eigenvalue weighted by Crippen LogP contribution is 2.32. The molecule has 0 saturated carbocycles. The molecular weight excluding hydrogens is 379 g/mol. The number of nitrogens with two attached hydrogens (primary N) is 1. The predicted molar refractivity (Wildman–Crippen MR) is 99.0 cm³/mol. The van der Waals surface area contributed by atoms with Crippen molar-refractivity contribution < 1.29 is 18.7 Å². The Bertz CT molecular complexity index is 1110. The molecular formula is C19H17FN6O3. The molecule has 1 fully saturated rings. The van der Waals surface area contributed by atoms with E-state index in [0.29, 0.717) is 43.4 Å². The number of amides is 1. The van der Waals surface area contributed by atoms with Gasteiger partial charge in [-0.15, -0.1) is 0 Å². The number of nitrogens with zero attached hydrogens (tertiary/aromatic N) is 5. The van der Waals surface area contributed by atoms with Gasteiger partial charge in [0.1, 0.15) is 11.5 Å². The van der Waals surface area contributed by atoms with Crippen molar-refractivity contribution >= 4 is 22.6 Å². The molecule has 5 heterocycles. The molecule has 10 heteroatoms. The topological polar surface area (TPSA) is 116 Å². The lowest BCUT2D eigenvalue weighted by Gasteiger charge is -2.34. The van der Waals surface area contributed by atoms with Gasteiger partial charge in [0.15, 0.2) is 0 Å². The summed E-state index contributed by atoms with van der Waals surface area (Å²) in [7, 11) is 0.